The molecule has 3 rings (SSSR count). The van der Waals surface area contributed by atoms with E-state index in [0.29, 0.717) is 5.58 Å². The fourth-order valence-corrected chi connectivity index (χ4v) is 2.61. The third kappa shape index (κ3) is 2.45. The van der Waals surface area contributed by atoms with Gasteiger partial charge in [-0.05, 0) is 37.7 Å². The highest BCUT2D eigenvalue weighted by molar-refractivity contribution is 5.82. The molecule has 0 fully saturated rings. The van der Waals surface area contributed by atoms with E-state index in [2.05, 4.69) is 10.4 Å². The zero-order valence-electron chi connectivity index (χ0n) is 12.4. The van der Waals surface area contributed by atoms with Crippen molar-refractivity contribution < 1.29 is 8.81 Å². The van der Waals surface area contributed by atoms with Gasteiger partial charge in [-0.3, -0.25) is 4.68 Å². The van der Waals surface area contributed by atoms with Crippen LogP contribution in [0, 0.1) is 12.7 Å². The van der Waals surface area contributed by atoms with Gasteiger partial charge in [0.05, 0.1) is 5.69 Å². The number of fused-ring (bicyclic) bond motifs is 1. The summed E-state index contributed by atoms with van der Waals surface area (Å²) in [6.07, 6.45) is 1.90. The SMILES string of the molecule is CCNC(c1ccn(C)n1)c1oc2ccc(F)cc2c1C. The average molecular weight is 287 g/mol. The first kappa shape index (κ1) is 13.8. The van der Waals surface area contributed by atoms with Crippen LogP contribution >= 0.6 is 0 Å². The van der Waals surface area contributed by atoms with Crippen LogP contribution in [0.15, 0.2) is 34.9 Å². The lowest BCUT2D eigenvalue weighted by atomic mass is 10.1. The molecule has 0 aliphatic carbocycles. The minimum atomic E-state index is -0.254. The van der Waals surface area contributed by atoms with Gasteiger partial charge in [-0.15, -0.1) is 0 Å². The standard InChI is InChI=1S/C16H18FN3O/c1-4-18-15(13-7-8-20(3)19-13)16-10(2)12-9-11(17)5-6-14(12)21-16/h5-9,15,18H,4H2,1-3H3. The smallest absolute Gasteiger partial charge is 0.134 e. The summed E-state index contributed by atoms with van der Waals surface area (Å²) < 4.78 is 21.1. The Kier molecular flexibility index (Phi) is 3.51. The van der Waals surface area contributed by atoms with E-state index < -0.39 is 0 Å². The van der Waals surface area contributed by atoms with E-state index in [4.69, 9.17) is 4.42 Å². The lowest BCUT2D eigenvalue weighted by molar-refractivity contribution is 0.464. The number of benzene rings is 1. The van der Waals surface area contributed by atoms with E-state index in [9.17, 15) is 4.39 Å². The Morgan fingerprint density at radius 2 is 2.19 bits per heavy atom. The second kappa shape index (κ2) is 5.33. The van der Waals surface area contributed by atoms with Crippen molar-refractivity contribution in [3.8, 4) is 0 Å². The molecular formula is C16H18FN3O. The normalized spacial score (nSPS) is 13.0. The van der Waals surface area contributed by atoms with Gasteiger partial charge < -0.3 is 9.73 Å². The predicted octanol–water partition coefficient (Wildman–Crippen LogP) is 3.31. The van der Waals surface area contributed by atoms with Gasteiger partial charge in [0.2, 0.25) is 0 Å². The molecule has 2 aromatic heterocycles. The number of halogens is 1. The fraction of sp³-hybridized carbons (Fsp3) is 0.312. The number of hydrogen-bond donors (Lipinski definition) is 1. The number of nitrogens with zero attached hydrogens (tertiary/aromatic N) is 2. The molecule has 2 heterocycles. The Labute approximate surface area is 122 Å². The van der Waals surface area contributed by atoms with Crippen LogP contribution in [-0.4, -0.2) is 16.3 Å². The molecule has 0 spiro atoms. The van der Waals surface area contributed by atoms with Crippen molar-refractivity contribution in [1.29, 1.82) is 0 Å². The van der Waals surface area contributed by atoms with Crippen LogP contribution in [0.3, 0.4) is 0 Å². The number of aromatic nitrogens is 2. The summed E-state index contributed by atoms with van der Waals surface area (Å²) in [6, 6.07) is 6.42. The summed E-state index contributed by atoms with van der Waals surface area (Å²) in [5, 5.41) is 8.65. The first-order valence-electron chi connectivity index (χ1n) is 7.01. The Bertz CT molecular complexity index is 775. The molecule has 0 radical (unpaired) electrons. The molecule has 4 nitrogen and oxygen atoms in total. The topological polar surface area (TPSA) is 43.0 Å². The van der Waals surface area contributed by atoms with Crippen molar-refractivity contribution in [3.05, 3.63) is 53.3 Å². The number of furan rings is 1. The number of aryl methyl sites for hydroxylation is 2. The van der Waals surface area contributed by atoms with Gasteiger partial charge in [0, 0.05) is 24.2 Å². The molecule has 110 valence electrons. The quantitative estimate of drug-likeness (QED) is 0.800. The maximum atomic E-state index is 13.4. The summed E-state index contributed by atoms with van der Waals surface area (Å²) in [6.45, 7) is 4.77. The molecule has 3 aromatic rings. The van der Waals surface area contributed by atoms with Crippen molar-refractivity contribution in [1.82, 2.24) is 15.1 Å². The van der Waals surface area contributed by atoms with Crippen LogP contribution in [0.5, 0.6) is 0 Å². The van der Waals surface area contributed by atoms with Gasteiger partial charge in [0.15, 0.2) is 0 Å². The highest BCUT2D eigenvalue weighted by atomic mass is 19.1. The summed E-state index contributed by atoms with van der Waals surface area (Å²) in [5.41, 5.74) is 2.53. The van der Waals surface area contributed by atoms with E-state index in [1.54, 1.807) is 10.7 Å². The number of hydrogen-bond acceptors (Lipinski definition) is 3. The zero-order valence-corrected chi connectivity index (χ0v) is 12.4. The first-order chi connectivity index (χ1) is 10.1. The lowest BCUT2D eigenvalue weighted by Crippen LogP contribution is -2.22. The largest absolute Gasteiger partial charge is 0.459 e. The number of nitrogens with one attached hydrogen (secondary N) is 1. The minimum Gasteiger partial charge on any atom is -0.459 e. The van der Waals surface area contributed by atoms with Crippen LogP contribution in [0.25, 0.3) is 11.0 Å². The van der Waals surface area contributed by atoms with Crippen molar-refractivity contribution >= 4 is 11.0 Å². The van der Waals surface area contributed by atoms with E-state index in [0.717, 1.165) is 28.9 Å². The molecule has 1 N–H and O–H groups in total. The molecule has 0 bridgehead atoms. The average Bonchev–Trinajstić information content (AvgIpc) is 3.02. The van der Waals surface area contributed by atoms with E-state index in [1.807, 2.05) is 33.2 Å². The third-order valence-corrected chi connectivity index (χ3v) is 3.64. The van der Waals surface area contributed by atoms with Crippen molar-refractivity contribution in [2.24, 2.45) is 7.05 Å². The van der Waals surface area contributed by atoms with Crippen LogP contribution < -0.4 is 5.32 Å². The number of rotatable bonds is 4. The maximum absolute atomic E-state index is 13.4. The minimum absolute atomic E-state index is 0.133. The molecule has 0 amide bonds. The van der Waals surface area contributed by atoms with Crippen LogP contribution in [0.4, 0.5) is 4.39 Å². The maximum Gasteiger partial charge on any atom is 0.134 e. The lowest BCUT2D eigenvalue weighted by Gasteiger charge is -2.14. The summed E-state index contributed by atoms with van der Waals surface area (Å²) in [5.74, 6) is 0.534. The molecular weight excluding hydrogens is 269 g/mol. The van der Waals surface area contributed by atoms with E-state index in [1.165, 1.54) is 12.1 Å². The highest BCUT2D eigenvalue weighted by Crippen LogP contribution is 2.32. The zero-order chi connectivity index (χ0) is 15.0. The monoisotopic (exact) mass is 287 g/mol. The first-order valence-corrected chi connectivity index (χ1v) is 7.01. The molecule has 0 aliphatic heterocycles. The molecule has 0 saturated heterocycles. The Morgan fingerprint density at radius 3 is 2.86 bits per heavy atom. The molecule has 21 heavy (non-hydrogen) atoms. The fourth-order valence-electron chi connectivity index (χ4n) is 2.61. The van der Waals surface area contributed by atoms with E-state index >= 15 is 0 Å². The summed E-state index contributed by atoms with van der Waals surface area (Å²) >= 11 is 0. The van der Waals surface area contributed by atoms with Gasteiger partial charge in [-0.25, -0.2) is 4.39 Å². The summed E-state index contributed by atoms with van der Waals surface area (Å²) in [4.78, 5) is 0. The van der Waals surface area contributed by atoms with E-state index in [-0.39, 0.29) is 11.9 Å². The molecule has 0 saturated carbocycles. The van der Waals surface area contributed by atoms with Crippen LogP contribution in [-0.2, 0) is 7.05 Å². The van der Waals surface area contributed by atoms with Gasteiger partial charge >= 0.3 is 0 Å². The van der Waals surface area contributed by atoms with Gasteiger partial charge in [0.25, 0.3) is 0 Å². The highest BCUT2D eigenvalue weighted by Gasteiger charge is 2.23. The predicted molar refractivity (Wildman–Crippen MR) is 79.6 cm³/mol. The molecule has 1 aromatic carbocycles. The second-order valence-electron chi connectivity index (χ2n) is 5.14. The summed E-state index contributed by atoms with van der Waals surface area (Å²) in [7, 11) is 1.88. The third-order valence-electron chi connectivity index (χ3n) is 3.64. The second-order valence-corrected chi connectivity index (χ2v) is 5.14. The Morgan fingerprint density at radius 1 is 1.38 bits per heavy atom. The molecule has 1 unspecified atom stereocenters. The molecule has 5 heteroatoms. The Balaban J connectivity index is 2.13. The molecule has 0 aliphatic rings. The van der Waals surface area contributed by atoms with Crippen molar-refractivity contribution in [3.63, 3.8) is 0 Å². The van der Waals surface area contributed by atoms with Crippen molar-refractivity contribution in [2.45, 2.75) is 19.9 Å². The van der Waals surface area contributed by atoms with Gasteiger partial charge in [-0.1, -0.05) is 6.92 Å². The molecule has 1 atom stereocenters. The van der Waals surface area contributed by atoms with Gasteiger partial charge in [0.1, 0.15) is 23.2 Å². The van der Waals surface area contributed by atoms with Crippen molar-refractivity contribution in [2.75, 3.05) is 6.54 Å². The van der Waals surface area contributed by atoms with Gasteiger partial charge in [-0.2, -0.15) is 5.10 Å². The van der Waals surface area contributed by atoms with Crippen LogP contribution in [0.1, 0.15) is 30.0 Å². The van der Waals surface area contributed by atoms with Crippen LogP contribution in [0.2, 0.25) is 0 Å². The Hall–Kier alpha value is -2.14.